The van der Waals surface area contributed by atoms with Crippen LogP contribution in [0, 0.1) is 0 Å². The summed E-state index contributed by atoms with van der Waals surface area (Å²) in [6, 6.07) is 12.7. The molecule has 0 unspecified atom stereocenters. The van der Waals surface area contributed by atoms with Crippen LogP contribution in [0.25, 0.3) is 11.3 Å². The topological polar surface area (TPSA) is 78.0 Å². The Balaban J connectivity index is 1.73. The lowest BCUT2D eigenvalue weighted by Gasteiger charge is -2.24. The van der Waals surface area contributed by atoms with E-state index in [1.807, 2.05) is 45.0 Å². The van der Waals surface area contributed by atoms with Crippen molar-refractivity contribution in [2.75, 3.05) is 20.2 Å². The first-order chi connectivity index (χ1) is 13.8. The van der Waals surface area contributed by atoms with Gasteiger partial charge in [0.05, 0.1) is 18.8 Å². The molecule has 154 valence electrons. The van der Waals surface area contributed by atoms with Crippen molar-refractivity contribution < 1.29 is 23.8 Å². The number of hydrogen-bond donors (Lipinski definition) is 0. The van der Waals surface area contributed by atoms with Gasteiger partial charge in [-0.1, -0.05) is 24.3 Å². The number of aldehydes is 1. The van der Waals surface area contributed by atoms with Crippen LogP contribution < -0.4 is 4.74 Å². The van der Waals surface area contributed by atoms with Crippen molar-refractivity contribution in [1.29, 1.82) is 0 Å². The van der Waals surface area contributed by atoms with Gasteiger partial charge in [-0.3, -0.25) is 4.79 Å². The van der Waals surface area contributed by atoms with Crippen molar-refractivity contribution in [2.45, 2.75) is 38.6 Å². The molecule has 2 heterocycles. The lowest BCUT2D eigenvalue weighted by atomic mass is 10.1. The van der Waals surface area contributed by atoms with E-state index in [1.165, 1.54) is 0 Å². The minimum absolute atomic E-state index is 0.286. The van der Waals surface area contributed by atoms with Crippen molar-refractivity contribution in [3.05, 3.63) is 48.0 Å². The zero-order valence-electron chi connectivity index (χ0n) is 17.1. The molecule has 2 atom stereocenters. The molecule has 29 heavy (non-hydrogen) atoms. The fourth-order valence-corrected chi connectivity index (χ4v) is 3.13. The molecule has 0 saturated carbocycles. The first-order valence-corrected chi connectivity index (χ1v) is 9.49. The smallest absolute Gasteiger partial charge is 0.410 e. The van der Waals surface area contributed by atoms with Crippen LogP contribution in [-0.4, -0.2) is 60.3 Å². The summed E-state index contributed by atoms with van der Waals surface area (Å²) < 4.78 is 17.0. The highest BCUT2D eigenvalue weighted by atomic mass is 16.6. The number of amides is 1. The third kappa shape index (κ3) is 5.32. The van der Waals surface area contributed by atoms with Crippen molar-refractivity contribution >= 4 is 12.4 Å². The van der Waals surface area contributed by atoms with E-state index in [9.17, 15) is 9.59 Å². The molecule has 1 aliphatic heterocycles. The molecule has 1 aromatic carbocycles. The highest BCUT2D eigenvalue weighted by Crippen LogP contribution is 2.24. The molecule has 3 rings (SSSR count). The Kier molecular flexibility index (Phi) is 6.17. The van der Waals surface area contributed by atoms with E-state index in [1.54, 1.807) is 30.2 Å². The summed E-state index contributed by atoms with van der Waals surface area (Å²) >= 11 is 0. The quantitative estimate of drug-likeness (QED) is 0.717. The molecule has 1 saturated heterocycles. The maximum absolute atomic E-state index is 12.4. The number of benzene rings is 1. The normalized spacial score (nSPS) is 19.1. The van der Waals surface area contributed by atoms with Gasteiger partial charge >= 0.3 is 6.09 Å². The molecule has 7 nitrogen and oxygen atoms in total. The van der Waals surface area contributed by atoms with Crippen molar-refractivity contribution in [3.63, 3.8) is 0 Å². The summed E-state index contributed by atoms with van der Waals surface area (Å²) in [5.74, 6) is 0.428. The molecule has 0 aliphatic carbocycles. The molecular weight excluding hydrogens is 372 g/mol. The highest BCUT2D eigenvalue weighted by molar-refractivity contribution is 5.78. The largest absolute Gasteiger partial charge is 0.470 e. The van der Waals surface area contributed by atoms with Crippen LogP contribution in [0.15, 0.2) is 42.5 Å². The lowest BCUT2D eigenvalue weighted by Crippen LogP contribution is -2.36. The van der Waals surface area contributed by atoms with Crippen molar-refractivity contribution in [1.82, 2.24) is 9.88 Å². The Morgan fingerprint density at radius 3 is 2.55 bits per heavy atom. The molecule has 1 aromatic heterocycles. The molecule has 0 spiro atoms. The molecule has 1 amide bonds. The Bertz CT molecular complexity index is 878. The number of methoxy groups -OCH3 is 1. The van der Waals surface area contributed by atoms with E-state index in [0.717, 1.165) is 11.8 Å². The molecule has 2 aromatic rings. The maximum Gasteiger partial charge on any atom is 0.410 e. The third-order valence-electron chi connectivity index (χ3n) is 4.48. The number of rotatable bonds is 5. The molecule has 1 aliphatic rings. The number of carbonyl (C=O) groups is 2. The second kappa shape index (κ2) is 8.61. The van der Waals surface area contributed by atoms with Gasteiger partial charge in [0, 0.05) is 24.3 Å². The van der Waals surface area contributed by atoms with Crippen molar-refractivity contribution in [3.8, 4) is 17.1 Å². The van der Waals surface area contributed by atoms with Crippen LogP contribution in [-0.2, 0) is 9.47 Å². The van der Waals surface area contributed by atoms with Gasteiger partial charge in [-0.2, -0.15) is 0 Å². The number of aromatic nitrogens is 1. The number of nitrogens with zero attached hydrogens (tertiary/aromatic N) is 2. The van der Waals surface area contributed by atoms with Gasteiger partial charge < -0.3 is 19.1 Å². The number of pyridine rings is 1. The molecule has 1 fully saturated rings. The first-order valence-electron chi connectivity index (χ1n) is 9.49. The standard InChI is InChI=1S/C22H26N2O5/c1-22(2,3)29-21(26)24-12-18(27-4)19(13-24)28-20-10-6-9-17(23-20)16-8-5-7-15(11-16)14-25/h5-11,14,18-19H,12-13H2,1-4H3/t18-,19+/m0/s1. The second-order valence-corrected chi connectivity index (χ2v) is 7.92. The number of hydrogen-bond acceptors (Lipinski definition) is 6. The molecule has 0 bridgehead atoms. The minimum Gasteiger partial charge on any atom is -0.470 e. The van der Waals surface area contributed by atoms with Gasteiger partial charge in [-0.25, -0.2) is 9.78 Å². The first kappa shape index (κ1) is 20.8. The monoisotopic (exact) mass is 398 g/mol. The fraction of sp³-hybridized carbons (Fsp3) is 0.409. The van der Waals surface area contributed by atoms with Crippen LogP contribution in [0.1, 0.15) is 31.1 Å². The van der Waals surface area contributed by atoms with Crippen LogP contribution in [0.2, 0.25) is 0 Å². The minimum atomic E-state index is -0.565. The van der Waals surface area contributed by atoms with E-state index < -0.39 is 11.7 Å². The molecular formula is C22H26N2O5. The van der Waals surface area contributed by atoms with E-state index in [0.29, 0.717) is 30.2 Å². The third-order valence-corrected chi connectivity index (χ3v) is 4.48. The molecule has 0 N–H and O–H groups in total. The predicted octanol–water partition coefficient (Wildman–Crippen LogP) is 3.57. The summed E-state index contributed by atoms with van der Waals surface area (Å²) in [5.41, 5.74) is 1.54. The maximum atomic E-state index is 12.4. The van der Waals surface area contributed by atoms with E-state index in [-0.39, 0.29) is 12.2 Å². The Morgan fingerprint density at radius 1 is 1.14 bits per heavy atom. The predicted molar refractivity (Wildman–Crippen MR) is 108 cm³/mol. The SMILES string of the molecule is CO[C@H]1CN(C(=O)OC(C)(C)C)C[C@H]1Oc1cccc(-c2cccc(C=O)c2)n1. The van der Waals surface area contributed by atoms with Crippen LogP contribution in [0.5, 0.6) is 5.88 Å². The summed E-state index contributed by atoms with van der Waals surface area (Å²) in [6.07, 6.45) is -0.238. The Hall–Kier alpha value is -2.93. The summed E-state index contributed by atoms with van der Waals surface area (Å²) in [7, 11) is 1.59. The van der Waals surface area contributed by atoms with Gasteiger partial charge in [0.1, 0.15) is 24.1 Å². The average Bonchev–Trinajstić information content (AvgIpc) is 3.10. The number of ether oxygens (including phenoxy) is 3. The van der Waals surface area contributed by atoms with Gasteiger partial charge in [-0.05, 0) is 32.9 Å². The fourth-order valence-electron chi connectivity index (χ4n) is 3.13. The van der Waals surface area contributed by atoms with Crippen LogP contribution in [0.3, 0.4) is 0 Å². The lowest BCUT2D eigenvalue weighted by molar-refractivity contribution is 0.0238. The Morgan fingerprint density at radius 2 is 1.86 bits per heavy atom. The van der Waals surface area contributed by atoms with Gasteiger partial charge in [0.25, 0.3) is 0 Å². The van der Waals surface area contributed by atoms with Gasteiger partial charge in [0.2, 0.25) is 5.88 Å². The van der Waals surface area contributed by atoms with Crippen LogP contribution >= 0.6 is 0 Å². The summed E-state index contributed by atoms with van der Waals surface area (Å²) in [6.45, 7) is 6.23. The van der Waals surface area contributed by atoms with Gasteiger partial charge in [0.15, 0.2) is 0 Å². The summed E-state index contributed by atoms with van der Waals surface area (Å²) in [4.78, 5) is 29.5. The Labute approximate surface area is 170 Å². The molecule has 7 heteroatoms. The second-order valence-electron chi connectivity index (χ2n) is 7.92. The van der Waals surface area contributed by atoms with Crippen LogP contribution in [0.4, 0.5) is 4.79 Å². The van der Waals surface area contributed by atoms with E-state index >= 15 is 0 Å². The van der Waals surface area contributed by atoms with E-state index in [2.05, 4.69) is 4.98 Å². The van der Waals surface area contributed by atoms with E-state index in [4.69, 9.17) is 14.2 Å². The zero-order valence-corrected chi connectivity index (χ0v) is 17.1. The van der Waals surface area contributed by atoms with Crippen molar-refractivity contribution in [2.24, 2.45) is 0 Å². The number of likely N-dealkylation sites (tertiary alicyclic amines) is 1. The summed E-state index contributed by atoms with van der Waals surface area (Å²) in [5, 5.41) is 0. The van der Waals surface area contributed by atoms with Gasteiger partial charge in [-0.15, -0.1) is 0 Å². The number of carbonyl (C=O) groups excluding carboxylic acids is 2. The average molecular weight is 398 g/mol. The zero-order chi connectivity index (χ0) is 21.0. The highest BCUT2D eigenvalue weighted by Gasteiger charge is 2.39. The molecule has 0 radical (unpaired) electrons.